The maximum Gasteiger partial charge on any atom is 0.274 e. The van der Waals surface area contributed by atoms with E-state index in [1.54, 1.807) is 33.4 Å². The highest BCUT2D eigenvalue weighted by molar-refractivity contribution is 5.99. The normalized spacial score (nSPS) is 12.3. The molecule has 0 atom stereocenters. The van der Waals surface area contributed by atoms with Crippen molar-refractivity contribution in [3.63, 3.8) is 0 Å². The van der Waals surface area contributed by atoms with Gasteiger partial charge in [0.2, 0.25) is 11.8 Å². The number of carbonyl (C=O) groups is 2. The van der Waals surface area contributed by atoms with Gasteiger partial charge in [-0.25, -0.2) is 0 Å². The molecule has 2 N–H and O–H groups in total. The van der Waals surface area contributed by atoms with E-state index in [-0.39, 0.29) is 35.0 Å². The van der Waals surface area contributed by atoms with Gasteiger partial charge in [0, 0.05) is 23.9 Å². The summed E-state index contributed by atoms with van der Waals surface area (Å²) in [5.74, 6) is -1.28. The van der Waals surface area contributed by atoms with Crippen LogP contribution >= 0.6 is 0 Å². The van der Waals surface area contributed by atoms with Crippen molar-refractivity contribution in [2.24, 2.45) is 32.3 Å². The molecular weight excluding hydrogens is 472 g/mol. The molecule has 192 valence electrons. The van der Waals surface area contributed by atoms with Crippen molar-refractivity contribution in [2.45, 2.75) is 47.2 Å². The minimum absolute atomic E-state index is 0.0919. The van der Waals surface area contributed by atoms with Crippen molar-refractivity contribution in [1.82, 2.24) is 9.13 Å². The van der Waals surface area contributed by atoms with Crippen LogP contribution in [0.15, 0.2) is 69.0 Å². The van der Waals surface area contributed by atoms with E-state index in [2.05, 4.69) is 20.5 Å². The number of para-hydroxylation sites is 2. The van der Waals surface area contributed by atoms with Crippen molar-refractivity contribution in [3.05, 3.63) is 48.5 Å². The number of rotatable bonds is 8. The molecule has 0 fully saturated rings. The molecule has 10 heteroatoms. The van der Waals surface area contributed by atoms with Crippen LogP contribution < -0.4 is 0 Å². The average Bonchev–Trinajstić information content (AvgIpc) is 3.26. The summed E-state index contributed by atoms with van der Waals surface area (Å²) in [6, 6.07) is 14.6. The second-order valence-electron chi connectivity index (χ2n) is 9.75. The van der Waals surface area contributed by atoms with E-state index in [1.807, 2.05) is 52.0 Å². The van der Waals surface area contributed by atoms with Crippen LogP contribution in [-0.2, 0) is 22.7 Å². The van der Waals surface area contributed by atoms with Crippen LogP contribution in [0.5, 0.6) is 11.8 Å². The highest BCUT2D eigenvalue weighted by Crippen LogP contribution is 2.40. The van der Waals surface area contributed by atoms with Gasteiger partial charge in [0.25, 0.3) is 11.8 Å². The number of azo groups is 2. The summed E-state index contributed by atoms with van der Waals surface area (Å²) in [6.45, 7) is 9.24. The van der Waals surface area contributed by atoms with E-state index in [1.165, 1.54) is 0 Å². The first-order chi connectivity index (χ1) is 17.7. The Kier molecular flexibility index (Phi) is 7.47. The number of aromatic nitrogens is 2. The van der Waals surface area contributed by atoms with Gasteiger partial charge in [0.15, 0.2) is 11.4 Å². The number of nitrogens with zero attached hydrogens (tertiary/aromatic N) is 6. The zero-order chi connectivity index (χ0) is 26.7. The summed E-state index contributed by atoms with van der Waals surface area (Å²) in [7, 11) is 0. The molecule has 2 heterocycles. The van der Waals surface area contributed by atoms with Crippen molar-refractivity contribution < 1.29 is 19.8 Å². The average molecular weight is 503 g/mol. The molecule has 2 amide bonds. The van der Waals surface area contributed by atoms with E-state index in [0.717, 1.165) is 11.0 Å². The molecule has 0 saturated carbocycles. The van der Waals surface area contributed by atoms with Crippen molar-refractivity contribution in [1.29, 1.82) is 0 Å². The smallest absolute Gasteiger partial charge is 0.274 e. The van der Waals surface area contributed by atoms with E-state index >= 15 is 0 Å². The van der Waals surface area contributed by atoms with Crippen LogP contribution in [0.2, 0.25) is 0 Å². The lowest BCUT2D eigenvalue weighted by Gasteiger charge is -2.09. The largest absolute Gasteiger partial charge is 0.493 e. The molecule has 0 aliphatic heterocycles. The summed E-state index contributed by atoms with van der Waals surface area (Å²) in [5, 5.41) is 37.9. The zero-order valence-electron chi connectivity index (χ0n) is 21.3. The standard InChI is InChI=1S/C27H30N6O4/c1-16(2)14-32-20-11-7-5-9-18(20)24(26(32)36)30-28-22(34)13-23(35)29-31-25-19-10-6-8-12-21(19)33(27(25)37)15-17(3)4/h5-12,16-17,36-37H,13-15H2,1-4H3. The van der Waals surface area contributed by atoms with E-state index in [0.29, 0.717) is 23.9 Å². The van der Waals surface area contributed by atoms with Gasteiger partial charge in [-0.3, -0.25) is 9.59 Å². The van der Waals surface area contributed by atoms with Crippen LogP contribution in [0.4, 0.5) is 11.4 Å². The fraction of sp³-hybridized carbons (Fsp3) is 0.333. The number of carbonyl (C=O) groups excluding carboxylic acids is 2. The van der Waals surface area contributed by atoms with Gasteiger partial charge in [0.1, 0.15) is 6.42 Å². The summed E-state index contributed by atoms with van der Waals surface area (Å²) in [6.07, 6.45) is -0.649. The Morgan fingerprint density at radius 1 is 0.703 bits per heavy atom. The molecule has 0 radical (unpaired) electrons. The van der Waals surface area contributed by atoms with Gasteiger partial charge < -0.3 is 19.3 Å². The molecule has 0 spiro atoms. The summed E-state index contributed by atoms with van der Waals surface area (Å²) >= 11 is 0. The summed E-state index contributed by atoms with van der Waals surface area (Å²) < 4.78 is 3.45. The van der Waals surface area contributed by atoms with E-state index < -0.39 is 18.2 Å². The summed E-state index contributed by atoms with van der Waals surface area (Å²) in [4.78, 5) is 24.7. The Morgan fingerprint density at radius 3 is 1.46 bits per heavy atom. The predicted octanol–water partition coefficient (Wildman–Crippen LogP) is 6.63. The van der Waals surface area contributed by atoms with Gasteiger partial charge in [0.05, 0.1) is 11.0 Å². The second-order valence-corrected chi connectivity index (χ2v) is 9.75. The van der Waals surface area contributed by atoms with Gasteiger partial charge in [-0.2, -0.15) is 0 Å². The monoisotopic (exact) mass is 502 g/mol. The third-order valence-corrected chi connectivity index (χ3v) is 5.76. The predicted molar refractivity (Wildman–Crippen MR) is 141 cm³/mol. The van der Waals surface area contributed by atoms with Crippen molar-refractivity contribution in [2.75, 3.05) is 0 Å². The maximum absolute atomic E-state index is 12.3. The summed E-state index contributed by atoms with van der Waals surface area (Å²) in [5.41, 5.74) is 1.89. The molecule has 2 aromatic heterocycles. The molecule has 0 bridgehead atoms. The van der Waals surface area contributed by atoms with Gasteiger partial charge in [-0.15, -0.1) is 20.5 Å². The first kappa shape index (κ1) is 25.7. The van der Waals surface area contributed by atoms with Gasteiger partial charge in [-0.05, 0) is 24.0 Å². The lowest BCUT2D eigenvalue weighted by Crippen LogP contribution is -2.03. The number of amides is 2. The number of hydrogen-bond acceptors (Lipinski definition) is 6. The van der Waals surface area contributed by atoms with Crippen LogP contribution in [0.1, 0.15) is 34.1 Å². The quantitative estimate of drug-likeness (QED) is 0.206. The lowest BCUT2D eigenvalue weighted by atomic mass is 10.2. The minimum atomic E-state index is -0.824. The molecule has 4 aromatic rings. The van der Waals surface area contributed by atoms with Crippen LogP contribution in [0.25, 0.3) is 21.8 Å². The Morgan fingerprint density at radius 2 is 1.08 bits per heavy atom. The molecule has 10 nitrogen and oxygen atoms in total. The second kappa shape index (κ2) is 10.7. The van der Waals surface area contributed by atoms with Gasteiger partial charge in [-0.1, -0.05) is 64.1 Å². The Hall–Kier alpha value is -4.34. The molecule has 0 saturated heterocycles. The fourth-order valence-corrected chi connectivity index (χ4v) is 4.25. The molecule has 4 rings (SSSR count). The Balaban J connectivity index is 1.52. The molecule has 37 heavy (non-hydrogen) atoms. The first-order valence-corrected chi connectivity index (χ1v) is 12.2. The molecule has 0 unspecified atom stereocenters. The van der Waals surface area contributed by atoms with E-state index in [4.69, 9.17) is 0 Å². The maximum atomic E-state index is 12.3. The number of hydrogen-bond donors (Lipinski definition) is 2. The number of benzene rings is 2. The van der Waals surface area contributed by atoms with Crippen molar-refractivity contribution >= 4 is 45.0 Å². The van der Waals surface area contributed by atoms with Gasteiger partial charge >= 0.3 is 0 Å². The van der Waals surface area contributed by atoms with Crippen LogP contribution in [-0.4, -0.2) is 31.2 Å². The number of fused-ring (bicyclic) bond motifs is 2. The third kappa shape index (κ3) is 5.42. The third-order valence-electron chi connectivity index (χ3n) is 5.76. The highest BCUT2D eigenvalue weighted by Gasteiger charge is 2.19. The zero-order valence-corrected chi connectivity index (χ0v) is 21.3. The van der Waals surface area contributed by atoms with E-state index in [9.17, 15) is 19.8 Å². The van der Waals surface area contributed by atoms with Crippen LogP contribution in [0.3, 0.4) is 0 Å². The minimum Gasteiger partial charge on any atom is -0.493 e. The molecule has 0 aliphatic carbocycles. The topological polar surface area (TPSA) is 134 Å². The van der Waals surface area contributed by atoms with Crippen molar-refractivity contribution in [3.8, 4) is 11.8 Å². The molecule has 0 aliphatic rings. The Bertz CT molecular complexity index is 1410. The van der Waals surface area contributed by atoms with Crippen LogP contribution in [0, 0.1) is 11.8 Å². The Labute approximate surface area is 214 Å². The molecule has 2 aromatic carbocycles. The SMILES string of the molecule is CC(C)Cn1c(O)c(N=NC(=O)CC(=O)N=Nc2c(O)n(CC(C)C)c3ccccc23)c2ccccc21. The first-order valence-electron chi connectivity index (χ1n) is 12.2. The highest BCUT2D eigenvalue weighted by atomic mass is 16.3. The fourth-order valence-electron chi connectivity index (χ4n) is 4.25. The number of aromatic hydroxyl groups is 2. The lowest BCUT2D eigenvalue weighted by molar-refractivity contribution is -0.126. The molecular formula is C27H30N6O4.